The van der Waals surface area contributed by atoms with Crippen molar-refractivity contribution in [1.82, 2.24) is 0 Å². The third kappa shape index (κ3) is 4.30. The maximum Gasteiger partial charge on any atom is 0.416 e. The molecule has 2 nitrogen and oxygen atoms in total. The number of carbonyl (C=O) groups is 1. The number of hydrogen-bond acceptors (Lipinski definition) is 2. The number of ketones is 1. The maximum absolute atomic E-state index is 12.7. The lowest BCUT2D eigenvalue weighted by Crippen LogP contribution is -2.30. The molecule has 0 aliphatic carbocycles. The first-order valence-electron chi connectivity index (χ1n) is 9.72. The topological polar surface area (TPSA) is 20.3 Å². The van der Waals surface area contributed by atoms with Crippen LogP contribution in [-0.2, 0) is 19.1 Å². The van der Waals surface area contributed by atoms with Crippen molar-refractivity contribution >= 4 is 17.5 Å². The summed E-state index contributed by atoms with van der Waals surface area (Å²) in [6.07, 6.45) is -0.308. The molecular weight excluding hydrogens is 387 g/mol. The van der Waals surface area contributed by atoms with Crippen LogP contribution < -0.4 is 4.90 Å². The van der Waals surface area contributed by atoms with E-state index in [2.05, 4.69) is 23.1 Å². The Morgan fingerprint density at radius 1 is 0.867 bits per heavy atom. The van der Waals surface area contributed by atoms with E-state index in [9.17, 15) is 18.0 Å². The summed E-state index contributed by atoms with van der Waals surface area (Å²) < 4.78 is 38.1. The number of fused-ring (bicyclic) bond motifs is 1. The van der Waals surface area contributed by atoms with Gasteiger partial charge < -0.3 is 4.90 Å². The molecule has 0 spiro atoms. The Morgan fingerprint density at radius 2 is 1.53 bits per heavy atom. The lowest BCUT2D eigenvalue weighted by molar-refractivity contribution is -0.137. The zero-order valence-corrected chi connectivity index (χ0v) is 16.2. The van der Waals surface area contributed by atoms with E-state index in [0.717, 1.165) is 42.9 Å². The first-order valence-corrected chi connectivity index (χ1v) is 9.72. The maximum atomic E-state index is 12.7. The number of carbonyl (C=O) groups excluding carboxylic acids is 1. The summed E-state index contributed by atoms with van der Waals surface area (Å²) in [4.78, 5) is 14.7. The van der Waals surface area contributed by atoms with Crippen molar-refractivity contribution in [1.29, 1.82) is 0 Å². The molecule has 0 N–H and O–H groups in total. The Kier molecular flexibility index (Phi) is 5.44. The van der Waals surface area contributed by atoms with Crippen LogP contribution >= 0.6 is 0 Å². The van der Waals surface area contributed by atoms with E-state index in [0.29, 0.717) is 0 Å². The smallest absolute Gasteiger partial charge is 0.366 e. The van der Waals surface area contributed by atoms with Crippen molar-refractivity contribution in [2.45, 2.75) is 19.1 Å². The standard InChI is InChI=1S/C25H20F3NO/c26-25(27,28)22-12-9-20(10-13-22)24(30)14-11-19-6-3-4-8-23(19)29-16-15-18-5-1-2-7-21(18)17-29/h1-14H,15-17H2/b14-11+. The molecule has 3 aromatic carbocycles. The van der Waals surface area contributed by atoms with Crippen molar-refractivity contribution < 1.29 is 18.0 Å². The van der Waals surface area contributed by atoms with Crippen LogP contribution in [0.15, 0.2) is 78.9 Å². The molecule has 1 aliphatic rings. The van der Waals surface area contributed by atoms with Gasteiger partial charge in [0.15, 0.2) is 5.78 Å². The highest BCUT2D eigenvalue weighted by molar-refractivity contribution is 6.07. The number of benzene rings is 3. The van der Waals surface area contributed by atoms with E-state index >= 15 is 0 Å². The second-order valence-corrected chi connectivity index (χ2v) is 7.27. The van der Waals surface area contributed by atoms with Gasteiger partial charge in [-0.1, -0.05) is 54.6 Å². The first-order chi connectivity index (χ1) is 14.4. The quantitative estimate of drug-likeness (QED) is 0.381. The van der Waals surface area contributed by atoms with Crippen LogP contribution in [0.5, 0.6) is 0 Å². The molecular formula is C25H20F3NO. The van der Waals surface area contributed by atoms with Gasteiger partial charge in [-0.15, -0.1) is 0 Å². The fourth-order valence-electron chi connectivity index (χ4n) is 3.70. The van der Waals surface area contributed by atoms with E-state index in [1.54, 1.807) is 6.08 Å². The number of halogens is 3. The molecule has 0 saturated heterocycles. The molecule has 0 saturated carbocycles. The Hall–Kier alpha value is -3.34. The number of anilines is 1. The third-order valence-corrected chi connectivity index (χ3v) is 5.32. The normalized spacial score (nSPS) is 14.0. The zero-order valence-electron chi connectivity index (χ0n) is 16.2. The number of alkyl halides is 3. The average Bonchev–Trinajstić information content (AvgIpc) is 2.77. The second kappa shape index (κ2) is 8.19. The van der Waals surface area contributed by atoms with E-state index in [1.165, 1.54) is 29.3 Å². The van der Waals surface area contributed by atoms with Crippen molar-refractivity contribution in [3.63, 3.8) is 0 Å². The summed E-state index contributed by atoms with van der Waals surface area (Å²) in [6, 6.07) is 20.5. The van der Waals surface area contributed by atoms with Crippen molar-refractivity contribution in [3.05, 3.63) is 107 Å². The predicted octanol–water partition coefficient (Wildman–Crippen LogP) is 6.16. The van der Waals surface area contributed by atoms with E-state index in [1.807, 2.05) is 30.3 Å². The van der Waals surface area contributed by atoms with Gasteiger partial charge in [-0.25, -0.2) is 0 Å². The summed E-state index contributed by atoms with van der Waals surface area (Å²) in [5, 5.41) is 0. The Morgan fingerprint density at radius 3 is 2.27 bits per heavy atom. The van der Waals surface area contributed by atoms with Crippen molar-refractivity contribution in [2.75, 3.05) is 11.4 Å². The lowest BCUT2D eigenvalue weighted by atomic mass is 9.98. The molecule has 5 heteroatoms. The molecule has 3 aromatic rings. The minimum Gasteiger partial charge on any atom is -0.366 e. The van der Waals surface area contributed by atoms with Crippen molar-refractivity contribution in [2.24, 2.45) is 0 Å². The van der Waals surface area contributed by atoms with Gasteiger partial charge in [0.2, 0.25) is 0 Å². The van der Waals surface area contributed by atoms with Crippen LogP contribution in [0.1, 0.15) is 32.6 Å². The van der Waals surface area contributed by atoms with Gasteiger partial charge in [0.1, 0.15) is 0 Å². The highest BCUT2D eigenvalue weighted by atomic mass is 19.4. The molecule has 0 unspecified atom stereocenters. The summed E-state index contributed by atoms with van der Waals surface area (Å²) >= 11 is 0. The highest BCUT2D eigenvalue weighted by Crippen LogP contribution is 2.30. The number of para-hydroxylation sites is 1. The summed E-state index contributed by atoms with van der Waals surface area (Å²) in [6.45, 7) is 1.68. The molecule has 0 radical (unpaired) electrons. The summed E-state index contributed by atoms with van der Waals surface area (Å²) in [5.74, 6) is -0.331. The van der Waals surface area contributed by atoms with E-state index in [-0.39, 0.29) is 11.3 Å². The van der Waals surface area contributed by atoms with Gasteiger partial charge in [0.25, 0.3) is 0 Å². The predicted molar refractivity (Wildman–Crippen MR) is 112 cm³/mol. The Balaban J connectivity index is 1.53. The fourth-order valence-corrected chi connectivity index (χ4v) is 3.70. The van der Waals surface area contributed by atoms with Gasteiger partial charge in [-0.05, 0) is 53.5 Å². The number of nitrogens with zero attached hydrogens (tertiary/aromatic N) is 1. The van der Waals surface area contributed by atoms with Gasteiger partial charge in [-0.2, -0.15) is 13.2 Å². The molecule has 152 valence electrons. The monoisotopic (exact) mass is 407 g/mol. The summed E-state index contributed by atoms with van der Waals surface area (Å²) in [7, 11) is 0. The lowest BCUT2D eigenvalue weighted by Gasteiger charge is -2.31. The Labute approximate surface area is 173 Å². The van der Waals surface area contributed by atoms with Crippen LogP contribution in [0.4, 0.5) is 18.9 Å². The third-order valence-electron chi connectivity index (χ3n) is 5.32. The molecule has 0 aromatic heterocycles. The minimum absolute atomic E-state index is 0.226. The SMILES string of the molecule is O=C(/C=C/c1ccccc1N1CCc2ccccc2C1)c1ccc(C(F)(F)F)cc1. The molecule has 0 atom stereocenters. The molecule has 1 heterocycles. The Bertz CT molecular complexity index is 1080. The van der Waals surface area contributed by atoms with Gasteiger partial charge in [-0.3, -0.25) is 4.79 Å². The molecule has 0 amide bonds. The van der Waals surface area contributed by atoms with Crippen LogP contribution in [0.3, 0.4) is 0 Å². The van der Waals surface area contributed by atoms with Crippen LogP contribution in [-0.4, -0.2) is 12.3 Å². The summed E-state index contributed by atoms with van der Waals surface area (Å²) in [5.41, 5.74) is 4.05. The molecule has 30 heavy (non-hydrogen) atoms. The molecule has 0 bridgehead atoms. The average molecular weight is 407 g/mol. The van der Waals surface area contributed by atoms with Crippen LogP contribution in [0.25, 0.3) is 6.08 Å². The number of allylic oxidation sites excluding steroid dienone is 1. The van der Waals surface area contributed by atoms with E-state index in [4.69, 9.17) is 0 Å². The molecule has 1 aliphatic heterocycles. The van der Waals surface area contributed by atoms with Gasteiger partial charge >= 0.3 is 6.18 Å². The van der Waals surface area contributed by atoms with Crippen molar-refractivity contribution in [3.8, 4) is 0 Å². The zero-order chi connectivity index (χ0) is 21.1. The van der Waals surface area contributed by atoms with E-state index < -0.39 is 11.7 Å². The van der Waals surface area contributed by atoms with Crippen LogP contribution in [0.2, 0.25) is 0 Å². The highest BCUT2D eigenvalue weighted by Gasteiger charge is 2.30. The minimum atomic E-state index is -4.41. The van der Waals surface area contributed by atoms with Gasteiger partial charge in [0.05, 0.1) is 5.56 Å². The van der Waals surface area contributed by atoms with Crippen LogP contribution in [0, 0.1) is 0 Å². The molecule has 4 rings (SSSR count). The number of hydrogen-bond donors (Lipinski definition) is 0. The first kappa shape index (κ1) is 20.0. The number of rotatable bonds is 4. The largest absolute Gasteiger partial charge is 0.416 e. The fraction of sp³-hybridized carbons (Fsp3) is 0.160. The molecule has 0 fully saturated rings. The second-order valence-electron chi connectivity index (χ2n) is 7.27. The van der Waals surface area contributed by atoms with Gasteiger partial charge in [0, 0.05) is 24.3 Å².